The van der Waals surface area contributed by atoms with Crippen LogP contribution in [0.25, 0.3) is 11.1 Å². The molecule has 0 heterocycles. The SMILES string of the molecule is CCOc1cccc(-c2ccc(OCc3ccccc3)c(CN)c2)c1. The van der Waals surface area contributed by atoms with Crippen molar-refractivity contribution in [1.29, 1.82) is 0 Å². The predicted molar refractivity (Wildman–Crippen MR) is 102 cm³/mol. The van der Waals surface area contributed by atoms with E-state index in [0.717, 1.165) is 33.8 Å². The summed E-state index contributed by atoms with van der Waals surface area (Å²) in [4.78, 5) is 0. The zero-order valence-electron chi connectivity index (χ0n) is 14.4. The van der Waals surface area contributed by atoms with Gasteiger partial charge in [-0.25, -0.2) is 0 Å². The van der Waals surface area contributed by atoms with Crippen LogP contribution >= 0.6 is 0 Å². The van der Waals surface area contributed by atoms with Gasteiger partial charge >= 0.3 is 0 Å². The van der Waals surface area contributed by atoms with Gasteiger partial charge in [-0.05, 0) is 47.9 Å². The van der Waals surface area contributed by atoms with E-state index in [4.69, 9.17) is 15.2 Å². The summed E-state index contributed by atoms with van der Waals surface area (Å²) in [5.41, 5.74) is 10.3. The van der Waals surface area contributed by atoms with E-state index in [1.165, 1.54) is 0 Å². The highest BCUT2D eigenvalue weighted by Crippen LogP contribution is 2.29. The molecule has 0 unspecified atom stereocenters. The average Bonchev–Trinajstić information content (AvgIpc) is 2.67. The monoisotopic (exact) mass is 333 g/mol. The van der Waals surface area contributed by atoms with Gasteiger partial charge < -0.3 is 15.2 Å². The van der Waals surface area contributed by atoms with Crippen LogP contribution in [0.5, 0.6) is 11.5 Å². The lowest BCUT2D eigenvalue weighted by Gasteiger charge is -2.13. The molecule has 3 aromatic rings. The Kier molecular flexibility index (Phi) is 5.70. The minimum atomic E-state index is 0.434. The molecule has 0 radical (unpaired) electrons. The van der Waals surface area contributed by atoms with Crippen molar-refractivity contribution >= 4 is 0 Å². The quantitative estimate of drug-likeness (QED) is 0.676. The van der Waals surface area contributed by atoms with Crippen molar-refractivity contribution in [1.82, 2.24) is 0 Å². The highest BCUT2D eigenvalue weighted by atomic mass is 16.5. The summed E-state index contributed by atoms with van der Waals surface area (Å²) < 4.78 is 11.5. The van der Waals surface area contributed by atoms with Gasteiger partial charge in [0.05, 0.1) is 6.61 Å². The van der Waals surface area contributed by atoms with Crippen LogP contribution in [0.4, 0.5) is 0 Å². The normalized spacial score (nSPS) is 10.5. The second kappa shape index (κ2) is 8.36. The maximum atomic E-state index is 5.96. The number of hydrogen-bond acceptors (Lipinski definition) is 3. The van der Waals surface area contributed by atoms with E-state index in [1.807, 2.05) is 49.4 Å². The second-order valence-electron chi connectivity index (χ2n) is 5.76. The molecular formula is C22H23NO2. The molecule has 0 bridgehead atoms. The Morgan fingerprint density at radius 1 is 0.800 bits per heavy atom. The third-order valence-corrected chi connectivity index (χ3v) is 4.00. The highest BCUT2D eigenvalue weighted by Gasteiger charge is 2.07. The number of nitrogens with two attached hydrogens (primary N) is 1. The Bertz CT molecular complexity index is 815. The van der Waals surface area contributed by atoms with Crippen molar-refractivity contribution in [3.63, 3.8) is 0 Å². The molecule has 128 valence electrons. The first-order chi connectivity index (χ1) is 12.3. The van der Waals surface area contributed by atoms with Crippen LogP contribution in [0, 0.1) is 0 Å². The summed E-state index contributed by atoms with van der Waals surface area (Å²) >= 11 is 0. The Labute approximate surface area is 149 Å². The van der Waals surface area contributed by atoms with Crippen molar-refractivity contribution in [2.24, 2.45) is 5.73 Å². The summed E-state index contributed by atoms with van der Waals surface area (Å²) in [6.07, 6.45) is 0. The first-order valence-corrected chi connectivity index (χ1v) is 8.53. The van der Waals surface area contributed by atoms with Gasteiger partial charge in [-0.15, -0.1) is 0 Å². The van der Waals surface area contributed by atoms with Crippen molar-refractivity contribution in [2.45, 2.75) is 20.1 Å². The Balaban J connectivity index is 1.80. The van der Waals surface area contributed by atoms with Crippen molar-refractivity contribution in [3.8, 4) is 22.6 Å². The standard InChI is InChI=1S/C22H23NO2/c1-2-24-21-10-6-9-18(14-21)19-11-12-22(20(13-19)15-23)25-16-17-7-4-3-5-8-17/h3-14H,2,15-16,23H2,1H3. The summed E-state index contributed by atoms with van der Waals surface area (Å²) in [7, 11) is 0. The molecule has 25 heavy (non-hydrogen) atoms. The van der Waals surface area contributed by atoms with Crippen LogP contribution in [0.2, 0.25) is 0 Å². The first kappa shape index (κ1) is 17.1. The number of benzene rings is 3. The third kappa shape index (κ3) is 4.40. The molecule has 0 aliphatic carbocycles. The third-order valence-electron chi connectivity index (χ3n) is 4.00. The summed E-state index contributed by atoms with van der Waals surface area (Å²) in [6.45, 7) is 3.61. The van der Waals surface area contributed by atoms with Gasteiger partial charge in [0.2, 0.25) is 0 Å². The molecule has 0 aliphatic heterocycles. The molecule has 2 N–H and O–H groups in total. The van der Waals surface area contributed by atoms with Gasteiger partial charge in [-0.2, -0.15) is 0 Å². The van der Waals surface area contributed by atoms with Crippen LogP contribution in [0.1, 0.15) is 18.1 Å². The van der Waals surface area contributed by atoms with E-state index in [1.54, 1.807) is 0 Å². The smallest absolute Gasteiger partial charge is 0.124 e. The van der Waals surface area contributed by atoms with Crippen molar-refractivity contribution in [2.75, 3.05) is 6.61 Å². The zero-order valence-corrected chi connectivity index (χ0v) is 14.4. The van der Waals surface area contributed by atoms with E-state index < -0.39 is 0 Å². The van der Waals surface area contributed by atoms with E-state index in [2.05, 4.69) is 30.3 Å². The molecule has 3 aromatic carbocycles. The lowest BCUT2D eigenvalue weighted by Crippen LogP contribution is -2.03. The van der Waals surface area contributed by atoms with Gasteiger partial charge in [0.15, 0.2) is 0 Å². The maximum absolute atomic E-state index is 5.96. The number of ether oxygens (including phenoxy) is 2. The molecule has 3 heteroatoms. The van der Waals surface area contributed by atoms with E-state index in [-0.39, 0.29) is 0 Å². The highest BCUT2D eigenvalue weighted by molar-refractivity contribution is 5.67. The van der Waals surface area contributed by atoms with Crippen LogP contribution in [-0.4, -0.2) is 6.61 Å². The average molecular weight is 333 g/mol. The van der Waals surface area contributed by atoms with E-state index in [9.17, 15) is 0 Å². The lowest BCUT2D eigenvalue weighted by atomic mass is 10.0. The molecule has 0 spiro atoms. The minimum absolute atomic E-state index is 0.434. The molecular weight excluding hydrogens is 310 g/mol. The molecule has 0 atom stereocenters. The van der Waals surface area contributed by atoms with E-state index >= 15 is 0 Å². The van der Waals surface area contributed by atoms with Crippen LogP contribution in [-0.2, 0) is 13.2 Å². The maximum Gasteiger partial charge on any atom is 0.124 e. The number of hydrogen-bond donors (Lipinski definition) is 1. The Morgan fingerprint density at radius 2 is 1.60 bits per heavy atom. The molecule has 3 nitrogen and oxygen atoms in total. The first-order valence-electron chi connectivity index (χ1n) is 8.53. The van der Waals surface area contributed by atoms with Crippen molar-refractivity contribution in [3.05, 3.63) is 83.9 Å². The fourth-order valence-corrected chi connectivity index (χ4v) is 2.73. The lowest BCUT2D eigenvalue weighted by molar-refractivity contribution is 0.303. The van der Waals surface area contributed by atoms with Gasteiger partial charge in [-0.3, -0.25) is 0 Å². The Hall–Kier alpha value is -2.78. The van der Waals surface area contributed by atoms with Gasteiger partial charge in [0.25, 0.3) is 0 Å². The van der Waals surface area contributed by atoms with Gasteiger partial charge in [-0.1, -0.05) is 48.5 Å². The van der Waals surface area contributed by atoms with E-state index in [0.29, 0.717) is 19.8 Å². The Morgan fingerprint density at radius 3 is 2.36 bits per heavy atom. The molecule has 0 aromatic heterocycles. The fraction of sp³-hybridized carbons (Fsp3) is 0.182. The van der Waals surface area contributed by atoms with Crippen LogP contribution in [0.15, 0.2) is 72.8 Å². The van der Waals surface area contributed by atoms with Gasteiger partial charge in [0.1, 0.15) is 18.1 Å². The molecule has 3 rings (SSSR count). The second-order valence-corrected chi connectivity index (χ2v) is 5.76. The summed E-state index contributed by atoms with van der Waals surface area (Å²) in [6, 6.07) is 24.4. The molecule has 0 amide bonds. The van der Waals surface area contributed by atoms with Crippen LogP contribution < -0.4 is 15.2 Å². The molecule has 0 aliphatic rings. The fourth-order valence-electron chi connectivity index (χ4n) is 2.73. The van der Waals surface area contributed by atoms with Crippen molar-refractivity contribution < 1.29 is 9.47 Å². The molecule has 0 fully saturated rings. The predicted octanol–water partition coefficient (Wildman–Crippen LogP) is 4.79. The summed E-state index contributed by atoms with van der Waals surface area (Å²) in [5, 5.41) is 0. The topological polar surface area (TPSA) is 44.5 Å². The number of rotatable bonds is 7. The minimum Gasteiger partial charge on any atom is -0.494 e. The van der Waals surface area contributed by atoms with Gasteiger partial charge in [0, 0.05) is 12.1 Å². The molecule has 0 saturated carbocycles. The zero-order chi connectivity index (χ0) is 17.5. The summed E-state index contributed by atoms with van der Waals surface area (Å²) in [5.74, 6) is 1.70. The largest absolute Gasteiger partial charge is 0.494 e. The molecule has 0 saturated heterocycles. The van der Waals surface area contributed by atoms with Crippen LogP contribution in [0.3, 0.4) is 0 Å².